The van der Waals surface area contributed by atoms with Crippen LogP contribution in [0.4, 0.5) is 0 Å². The second kappa shape index (κ2) is 8.46. The molecule has 2 aromatic rings. The molecule has 0 fully saturated rings. The molecule has 2 rings (SSSR count). The molecule has 25 heavy (non-hydrogen) atoms. The number of hydrogen-bond donors (Lipinski definition) is 1. The highest BCUT2D eigenvalue weighted by Crippen LogP contribution is 2.23. The topological polar surface area (TPSA) is 93.4 Å². The Morgan fingerprint density at radius 3 is 2.48 bits per heavy atom. The standard InChI is InChI=1S/C17H21N3O3S2/c1-3-20(4-2)25(22,23)15-8-9-16(19-11-15)24-12-13-6-5-7-14(10-13)17(18)21/h5-11H,3-4,12H2,1-2H3,(H2,18,21). The van der Waals surface area contributed by atoms with Crippen molar-refractivity contribution in [3.8, 4) is 0 Å². The molecule has 0 saturated carbocycles. The van der Waals surface area contributed by atoms with Crippen LogP contribution in [0.25, 0.3) is 0 Å². The molecule has 8 heteroatoms. The van der Waals surface area contributed by atoms with E-state index in [2.05, 4.69) is 4.98 Å². The number of hydrogen-bond acceptors (Lipinski definition) is 5. The molecule has 0 aliphatic heterocycles. The van der Waals surface area contributed by atoms with Crippen LogP contribution in [0.2, 0.25) is 0 Å². The van der Waals surface area contributed by atoms with E-state index in [-0.39, 0.29) is 4.90 Å². The number of carbonyl (C=O) groups excluding carboxylic acids is 1. The molecule has 0 bridgehead atoms. The molecule has 1 aromatic heterocycles. The first-order chi connectivity index (χ1) is 11.9. The van der Waals surface area contributed by atoms with Crippen LogP contribution in [0.15, 0.2) is 52.5 Å². The molecule has 6 nitrogen and oxygen atoms in total. The Morgan fingerprint density at radius 1 is 1.20 bits per heavy atom. The van der Waals surface area contributed by atoms with Crippen LogP contribution in [-0.4, -0.2) is 36.7 Å². The summed E-state index contributed by atoms with van der Waals surface area (Å²) in [5.74, 6) is 0.145. The van der Waals surface area contributed by atoms with E-state index >= 15 is 0 Å². The fourth-order valence-electron chi connectivity index (χ4n) is 2.29. The minimum Gasteiger partial charge on any atom is -0.366 e. The Kier molecular flexibility index (Phi) is 6.57. The summed E-state index contributed by atoms with van der Waals surface area (Å²) in [5.41, 5.74) is 6.69. The number of thioether (sulfide) groups is 1. The number of carbonyl (C=O) groups is 1. The Balaban J connectivity index is 2.08. The van der Waals surface area contributed by atoms with E-state index in [4.69, 9.17) is 5.73 Å². The van der Waals surface area contributed by atoms with E-state index in [0.717, 1.165) is 5.56 Å². The van der Waals surface area contributed by atoms with E-state index in [0.29, 0.717) is 29.4 Å². The molecule has 0 saturated heterocycles. The smallest absolute Gasteiger partial charge is 0.248 e. The molecule has 0 radical (unpaired) electrons. The highest BCUT2D eigenvalue weighted by atomic mass is 32.2. The lowest BCUT2D eigenvalue weighted by molar-refractivity contribution is 0.1000. The summed E-state index contributed by atoms with van der Waals surface area (Å²) in [7, 11) is -3.49. The Bertz CT molecular complexity index is 832. The van der Waals surface area contributed by atoms with Gasteiger partial charge in [-0.05, 0) is 29.8 Å². The molecule has 1 heterocycles. The van der Waals surface area contributed by atoms with Gasteiger partial charge in [0.2, 0.25) is 15.9 Å². The van der Waals surface area contributed by atoms with Crippen LogP contribution in [0, 0.1) is 0 Å². The number of benzene rings is 1. The molecule has 1 amide bonds. The molecular formula is C17H21N3O3S2. The predicted molar refractivity (Wildman–Crippen MR) is 98.9 cm³/mol. The number of nitrogens with two attached hydrogens (primary N) is 1. The van der Waals surface area contributed by atoms with Crippen molar-refractivity contribution in [3.63, 3.8) is 0 Å². The van der Waals surface area contributed by atoms with Gasteiger partial charge in [0.1, 0.15) is 4.90 Å². The number of amides is 1. The van der Waals surface area contributed by atoms with Crippen molar-refractivity contribution < 1.29 is 13.2 Å². The van der Waals surface area contributed by atoms with E-state index in [9.17, 15) is 13.2 Å². The fourth-order valence-corrected chi connectivity index (χ4v) is 4.48. The lowest BCUT2D eigenvalue weighted by Crippen LogP contribution is -2.30. The second-order valence-electron chi connectivity index (χ2n) is 5.27. The molecule has 0 spiro atoms. The zero-order valence-electron chi connectivity index (χ0n) is 14.2. The van der Waals surface area contributed by atoms with Crippen LogP contribution in [0.1, 0.15) is 29.8 Å². The molecule has 2 N–H and O–H groups in total. The van der Waals surface area contributed by atoms with Gasteiger partial charge in [0.05, 0.1) is 5.03 Å². The van der Waals surface area contributed by atoms with Gasteiger partial charge in [-0.15, -0.1) is 11.8 Å². The monoisotopic (exact) mass is 379 g/mol. The molecular weight excluding hydrogens is 358 g/mol. The summed E-state index contributed by atoms with van der Waals surface area (Å²) in [6.07, 6.45) is 1.38. The lowest BCUT2D eigenvalue weighted by atomic mass is 10.1. The van der Waals surface area contributed by atoms with E-state index < -0.39 is 15.9 Å². The Labute approximate surface area is 152 Å². The SMILES string of the molecule is CCN(CC)S(=O)(=O)c1ccc(SCc2cccc(C(N)=O)c2)nc1. The highest BCUT2D eigenvalue weighted by Gasteiger charge is 2.21. The van der Waals surface area contributed by atoms with Crippen molar-refractivity contribution in [2.45, 2.75) is 29.5 Å². The quantitative estimate of drug-likeness (QED) is 0.711. The van der Waals surface area contributed by atoms with Gasteiger partial charge in [-0.25, -0.2) is 13.4 Å². The molecule has 1 aromatic carbocycles. The van der Waals surface area contributed by atoms with Crippen molar-refractivity contribution in [1.82, 2.24) is 9.29 Å². The third kappa shape index (κ3) is 4.81. The average molecular weight is 380 g/mol. The Morgan fingerprint density at radius 2 is 1.92 bits per heavy atom. The van der Waals surface area contributed by atoms with Gasteiger partial charge in [0.15, 0.2) is 0 Å². The van der Waals surface area contributed by atoms with Gasteiger partial charge in [0, 0.05) is 30.6 Å². The number of primary amides is 1. The second-order valence-corrected chi connectivity index (χ2v) is 8.21. The highest BCUT2D eigenvalue weighted by molar-refractivity contribution is 7.98. The summed E-state index contributed by atoms with van der Waals surface area (Å²) in [6, 6.07) is 10.4. The number of aromatic nitrogens is 1. The minimum atomic E-state index is -3.49. The van der Waals surface area contributed by atoms with E-state index in [1.165, 1.54) is 22.3 Å². The first-order valence-electron chi connectivity index (χ1n) is 7.86. The molecule has 134 valence electrons. The van der Waals surface area contributed by atoms with Crippen LogP contribution in [-0.2, 0) is 15.8 Å². The third-order valence-electron chi connectivity index (χ3n) is 3.65. The van der Waals surface area contributed by atoms with Crippen molar-refractivity contribution >= 4 is 27.7 Å². The van der Waals surface area contributed by atoms with Gasteiger partial charge in [-0.1, -0.05) is 26.0 Å². The maximum Gasteiger partial charge on any atom is 0.248 e. The average Bonchev–Trinajstić information content (AvgIpc) is 2.61. The molecule has 0 unspecified atom stereocenters. The maximum absolute atomic E-state index is 12.4. The van der Waals surface area contributed by atoms with Gasteiger partial charge in [-0.3, -0.25) is 4.79 Å². The predicted octanol–water partition coefficient (Wildman–Crippen LogP) is 2.50. The van der Waals surface area contributed by atoms with Crippen molar-refractivity contribution in [2.75, 3.05) is 13.1 Å². The summed E-state index contributed by atoms with van der Waals surface area (Å²) in [4.78, 5) is 15.6. The van der Waals surface area contributed by atoms with Crippen LogP contribution in [0.3, 0.4) is 0 Å². The van der Waals surface area contributed by atoms with Gasteiger partial charge in [-0.2, -0.15) is 4.31 Å². The number of pyridine rings is 1. The van der Waals surface area contributed by atoms with E-state index in [1.807, 2.05) is 6.07 Å². The van der Waals surface area contributed by atoms with Gasteiger partial charge in [0.25, 0.3) is 0 Å². The van der Waals surface area contributed by atoms with Crippen LogP contribution in [0.5, 0.6) is 0 Å². The zero-order valence-corrected chi connectivity index (χ0v) is 15.8. The zero-order chi connectivity index (χ0) is 18.4. The Hall–Kier alpha value is -1.90. The number of rotatable bonds is 8. The van der Waals surface area contributed by atoms with Crippen molar-refractivity contribution in [1.29, 1.82) is 0 Å². The third-order valence-corrected chi connectivity index (χ3v) is 6.70. The van der Waals surface area contributed by atoms with Crippen molar-refractivity contribution in [2.24, 2.45) is 5.73 Å². The summed E-state index contributed by atoms with van der Waals surface area (Å²) in [6.45, 7) is 4.45. The van der Waals surface area contributed by atoms with Crippen molar-refractivity contribution in [3.05, 3.63) is 53.7 Å². The molecule has 0 atom stereocenters. The normalized spacial score (nSPS) is 11.6. The summed E-state index contributed by atoms with van der Waals surface area (Å²) in [5, 5.41) is 0.711. The largest absolute Gasteiger partial charge is 0.366 e. The fraction of sp³-hybridized carbons (Fsp3) is 0.294. The summed E-state index contributed by atoms with van der Waals surface area (Å²) >= 11 is 1.46. The first-order valence-corrected chi connectivity index (χ1v) is 10.3. The lowest BCUT2D eigenvalue weighted by Gasteiger charge is -2.18. The van der Waals surface area contributed by atoms with Gasteiger partial charge < -0.3 is 5.73 Å². The van der Waals surface area contributed by atoms with Crippen LogP contribution < -0.4 is 5.73 Å². The minimum absolute atomic E-state index is 0.191. The number of sulfonamides is 1. The summed E-state index contributed by atoms with van der Waals surface area (Å²) < 4.78 is 26.2. The van der Waals surface area contributed by atoms with E-state index in [1.54, 1.807) is 44.2 Å². The van der Waals surface area contributed by atoms with Gasteiger partial charge >= 0.3 is 0 Å². The molecule has 0 aliphatic carbocycles. The first kappa shape index (κ1) is 19.4. The maximum atomic E-state index is 12.4. The molecule has 0 aliphatic rings. The number of nitrogens with zero attached hydrogens (tertiary/aromatic N) is 2. The van der Waals surface area contributed by atoms with Crippen LogP contribution >= 0.6 is 11.8 Å².